The zero-order valence-electron chi connectivity index (χ0n) is 16.4. The number of hydrogen-bond donors (Lipinski definition) is 1. The van der Waals surface area contributed by atoms with Crippen LogP contribution in [-0.2, 0) is 9.53 Å². The molecule has 0 unspecified atom stereocenters. The zero-order valence-corrected chi connectivity index (χ0v) is 16.4. The lowest BCUT2D eigenvalue weighted by Gasteiger charge is -2.14. The van der Waals surface area contributed by atoms with Crippen molar-refractivity contribution in [1.29, 1.82) is 0 Å². The van der Waals surface area contributed by atoms with Gasteiger partial charge in [0.2, 0.25) is 5.78 Å². The summed E-state index contributed by atoms with van der Waals surface area (Å²) in [6, 6.07) is 12.0. The number of carbonyl (C=O) groups excluding carboxylic acids is 3. The van der Waals surface area contributed by atoms with Gasteiger partial charge in [0.05, 0.1) is 7.11 Å². The van der Waals surface area contributed by atoms with Crippen LogP contribution in [0.15, 0.2) is 48.7 Å². The van der Waals surface area contributed by atoms with Crippen LogP contribution in [0.2, 0.25) is 0 Å². The number of fused-ring (bicyclic) bond motifs is 1. The van der Waals surface area contributed by atoms with E-state index in [4.69, 9.17) is 14.2 Å². The molecule has 7 heteroatoms. The van der Waals surface area contributed by atoms with Crippen LogP contribution in [0, 0.1) is 0 Å². The van der Waals surface area contributed by atoms with Crippen LogP contribution in [0.5, 0.6) is 11.5 Å². The number of H-pyrrole nitrogens is 1. The van der Waals surface area contributed by atoms with E-state index < -0.39 is 18.7 Å². The van der Waals surface area contributed by atoms with E-state index >= 15 is 0 Å². The average Bonchev–Trinajstić information content (AvgIpc) is 3.15. The SMILES string of the molecule is COc1cc(C(C)=O)ccc1OCC(=O)O[C@@H](C)C(=O)c1c[nH]c2ccccc12. The van der Waals surface area contributed by atoms with E-state index in [1.54, 1.807) is 18.3 Å². The second-order valence-corrected chi connectivity index (χ2v) is 6.45. The van der Waals surface area contributed by atoms with Gasteiger partial charge in [-0.05, 0) is 38.1 Å². The summed E-state index contributed by atoms with van der Waals surface area (Å²) in [4.78, 5) is 39.3. The Bertz CT molecular complexity index is 1070. The second kappa shape index (κ2) is 8.60. The van der Waals surface area contributed by atoms with Crippen LogP contribution in [0.1, 0.15) is 34.6 Å². The molecule has 1 heterocycles. The molecule has 0 aliphatic carbocycles. The third-order valence-electron chi connectivity index (χ3n) is 4.45. The molecule has 29 heavy (non-hydrogen) atoms. The Balaban J connectivity index is 1.62. The molecule has 7 nitrogen and oxygen atoms in total. The van der Waals surface area contributed by atoms with Gasteiger partial charge in [-0.15, -0.1) is 0 Å². The number of aromatic amines is 1. The van der Waals surface area contributed by atoms with Crippen LogP contribution in [-0.4, -0.2) is 42.3 Å². The van der Waals surface area contributed by atoms with Crippen LogP contribution in [0.25, 0.3) is 10.9 Å². The van der Waals surface area contributed by atoms with Crippen LogP contribution in [0.4, 0.5) is 0 Å². The van der Waals surface area contributed by atoms with Gasteiger partial charge in [-0.2, -0.15) is 0 Å². The van der Waals surface area contributed by atoms with Gasteiger partial charge >= 0.3 is 5.97 Å². The van der Waals surface area contributed by atoms with E-state index in [2.05, 4.69) is 4.98 Å². The number of rotatable bonds is 8. The fourth-order valence-corrected chi connectivity index (χ4v) is 2.92. The Morgan fingerprint density at radius 1 is 1.07 bits per heavy atom. The molecule has 3 aromatic rings. The minimum atomic E-state index is -0.965. The first-order chi connectivity index (χ1) is 13.9. The molecule has 0 fully saturated rings. The molecule has 1 aromatic heterocycles. The van der Waals surface area contributed by atoms with Crippen molar-refractivity contribution in [3.63, 3.8) is 0 Å². The van der Waals surface area contributed by atoms with Crippen molar-refractivity contribution >= 4 is 28.4 Å². The quantitative estimate of drug-likeness (QED) is 0.463. The van der Waals surface area contributed by atoms with Crippen molar-refractivity contribution in [3.8, 4) is 11.5 Å². The van der Waals surface area contributed by atoms with Crippen molar-refractivity contribution in [2.24, 2.45) is 0 Å². The Labute approximate surface area is 167 Å². The van der Waals surface area contributed by atoms with E-state index in [1.807, 2.05) is 24.3 Å². The van der Waals surface area contributed by atoms with Gasteiger partial charge in [0.1, 0.15) is 0 Å². The molecular weight excluding hydrogens is 374 g/mol. The molecule has 0 amide bonds. The monoisotopic (exact) mass is 395 g/mol. The molecule has 3 rings (SSSR count). The zero-order chi connectivity index (χ0) is 21.0. The van der Waals surface area contributed by atoms with E-state index in [-0.39, 0.29) is 11.6 Å². The highest BCUT2D eigenvalue weighted by atomic mass is 16.6. The number of esters is 1. The van der Waals surface area contributed by atoms with Crippen LogP contribution in [0.3, 0.4) is 0 Å². The highest BCUT2D eigenvalue weighted by molar-refractivity contribution is 6.10. The number of ether oxygens (including phenoxy) is 3. The van der Waals surface area contributed by atoms with Crippen molar-refractivity contribution in [2.75, 3.05) is 13.7 Å². The van der Waals surface area contributed by atoms with E-state index in [9.17, 15) is 14.4 Å². The third kappa shape index (κ3) is 4.45. The summed E-state index contributed by atoms with van der Waals surface area (Å²) in [7, 11) is 1.44. The normalized spacial score (nSPS) is 11.7. The van der Waals surface area contributed by atoms with Gasteiger partial charge in [0.25, 0.3) is 0 Å². The lowest BCUT2D eigenvalue weighted by Crippen LogP contribution is -2.27. The van der Waals surface area contributed by atoms with Crippen LogP contribution >= 0.6 is 0 Å². The molecule has 1 atom stereocenters. The molecule has 0 aliphatic heterocycles. The maximum Gasteiger partial charge on any atom is 0.344 e. The fraction of sp³-hybridized carbons (Fsp3) is 0.227. The predicted molar refractivity (Wildman–Crippen MR) is 107 cm³/mol. The number of carbonyl (C=O) groups is 3. The smallest absolute Gasteiger partial charge is 0.344 e. The first-order valence-electron chi connectivity index (χ1n) is 9.02. The Morgan fingerprint density at radius 2 is 1.83 bits per heavy atom. The highest BCUT2D eigenvalue weighted by Crippen LogP contribution is 2.28. The molecule has 0 spiro atoms. The maximum absolute atomic E-state index is 12.6. The number of nitrogens with one attached hydrogen (secondary N) is 1. The summed E-state index contributed by atoms with van der Waals surface area (Å²) in [5.74, 6) is -0.486. The number of ketones is 2. The summed E-state index contributed by atoms with van der Waals surface area (Å²) in [5, 5.41) is 0.770. The molecule has 0 radical (unpaired) electrons. The topological polar surface area (TPSA) is 94.7 Å². The molecule has 1 N–H and O–H groups in total. The van der Waals surface area contributed by atoms with Crippen molar-refractivity contribution in [1.82, 2.24) is 4.98 Å². The third-order valence-corrected chi connectivity index (χ3v) is 4.45. The van der Waals surface area contributed by atoms with Gasteiger partial charge in [-0.25, -0.2) is 4.79 Å². The van der Waals surface area contributed by atoms with Gasteiger partial charge < -0.3 is 19.2 Å². The number of benzene rings is 2. The largest absolute Gasteiger partial charge is 0.493 e. The number of aromatic nitrogens is 1. The minimum absolute atomic E-state index is 0.112. The van der Waals surface area contributed by atoms with Gasteiger partial charge in [0.15, 0.2) is 30.0 Å². The molecule has 2 aromatic carbocycles. The lowest BCUT2D eigenvalue weighted by molar-refractivity contribution is -0.148. The Kier molecular flexibility index (Phi) is 5.97. The Morgan fingerprint density at radius 3 is 2.55 bits per heavy atom. The van der Waals surface area contributed by atoms with Crippen LogP contribution < -0.4 is 9.47 Å². The number of para-hydroxylation sites is 1. The number of hydrogen-bond acceptors (Lipinski definition) is 6. The summed E-state index contributed by atoms with van der Waals surface area (Å²) < 4.78 is 15.8. The van der Waals surface area contributed by atoms with Crippen molar-refractivity contribution < 1.29 is 28.6 Å². The predicted octanol–water partition coefficient (Wildman–Crippen LogP) is 3.57. The number of methoxy groups -OCH3 is 1. The van der Waals surface area contributed by atoms with Gasteiger partial charge in [-0.3, -0.25) is 9.59 Å². The Hall–Kier alpha value is -3.61. The molecule has 0 saturated carbocycles. The van der Waals surface area contributed by atoms with E-state index in [0.717, 1.165) is 10.9 Å². The van der Waals surface area contributed by atoms with E-state index in [0.29, 0.717) is 22.6 Å². The van der Waals surface area contributed by atoms with Crippen molar-refractivity contribution in [2.45, 2.75) is 20.0 Å². The van der Waals surface area contributed by atoms with Gasteiger partial charge in [0, 0.05) is 28.2 Å². The molecule has 0 aliphatic rings. The standard InChI is InChI=1S/C22H21NO6/c1-13(24)15-8-9-19(20(10-15)27-3)28-12-21(25)29-14(2)22(26)17-11-23-18-7-5-4-6-16(17)18/h4-11,14,23H,12H2,1-3H3/t14-/m0/s1. The molecule has 0 bridgehead atoms. The van der Waals surface area contributed by atoms with E-state index in [1.165, 1.54) is 27.0 Å². The first-order valence-corrected chi connectivity index (χ1v) is 9.02. The highest BCUT2D eigenvalue weighted by Gasteiger charge is 2.22. The van der Waals surface area contributed by atoms with Gasteiger partial charge in [-0.1, -0.05) is 18.2 Å². The number of Topliss-reactive ketones (excluding diaryl/α,β-unsaturated/α-hetero) is 2. The second-order valence-electron chi connectivity index (χ2n) is 6.45. The summed E-state index contributed by atoms with van der Waals surface area (Å²) in [6.07, 6.45) is 0.641. The fourth-order valence-electron chi connectivity index (χ4n) is 2.92. The summed E-state index contributed by atoms with van der Waals surface area (Å²) >= 11 is 0. The molecular formula is C22H21NO6. The molecule has 0 saturated heterocycles. The summed E-state index contributed by atoms with van der Waals surface area (Å²) in [5.41, 5.74) is 1.76. The average molecular weight is 395 g/mol. The molecule has 150 valence electrons. The summed E-state index contributed by atoms with van der Waals surface area (Å²) in [6.45, 7) is 2.56. The van der Waals surface area contributed by atoms with Crippen molar-refractivity contribution in [3.05, 3.63) is 59.8 Å². The first kappa shape index (κ1) is 20.1. The lowest BCUT2D eigenvalue weighted by atomic mass is 10.1. The maximum atomic E-state index is 12.6. The minimum Gasteiger partial charge on any atom is -0.493 e.